The van der Waals surface area contributed by atoms with Crippen LogP contribution in [0.2, 0.25) is 0 Å². The first kappa shape index (κ1) is 39.0. The third kappa shape index (κ3) is 5.79. The Morgan fingerprint density at radius 2 is 1.58 bits per heavy atom. The van der Waals surface area contributed by atoms with E-state index in [0.717, 1.165) is 38.5 Å². The Morgan fingerprint density at radius 3 is 2.28 bits per heavy atom. The molecule has 0 bridgehead atoms. The maximum absolute atomic E-state index is 12.7. The highest BCUT2D eigenvalue weighted by Crippen LogP contribution is 2.72. The lowest BCUT2D eigenvalue weighted by Gasteiger charge is -2.60. The van der Waals surface area contributed by atoms with E-state index in [1.54, 1.807) is 0 Å². The van der Waals surface area contributed by atoms with Gasteiger partial charge in [0.15, 0.2) is 18.4 Å². The molecule has 0 aromatic heterocycles. The maximum Gasteiger partial charge on any atom is 0.187 e. The van der Waals surface area contributed by atoms with Crippen LogP contribution in [-0.2, 0) is 28.4 Å². The molecule has 14 heteroatoms. The predicted molar refractivity (Wildman–Crippen MR) is 184 cm³/mol. The second-order valence-electron chi connectivity index (χ2n) is 18.3. The Bertz CT molecular complexity index is 1370. The van der Waals surface area contributed by atoms with Crippen LogP contribution in [0.15, 0.2) is 11.6 Å². The molecule has 4 aliphatic carbocycles. The minimum atomic E-state index is -1.63. The van der Waals surface area contributed by atoms with Crippen molar-refractivity contribution in [2.75, 3.05) is 19.8 Å². The smallest absolute Gasteiger partial charge is 0.187 e. The number of hydrogen-bond donors (Lipinski definition) is 8. The van der Waals surface area contributed by atoms with Gasteiger partial charge in [0.25, 0.3) is 0 Å². The Labute approximate surface area is 311 Å². The number of hydrogen-bond acceptors (Lipinski definition) is 14. The van der Waals surface area contributed by atoms with E-state index >= 15 is 0 Å². The molecule has 53 heavy (non-hydrogen) atoms. The zero-order valence-corrected chi connectivity index (χ0v) is 31.4. The predicted octanol–water partition coefficient (Wildman–Crippen LogP) is 0.477. The summed E-state index contributed by atoms with van der Waals surface area (Å²) in [5, 5.41) is 85.3. The third-order valence-electron chi connectivity index (χ3n) is 16.0. The van der Waals surface area contributed by atoms with E-state index in [2.05, 4.69) is 26.8 Å². The van der Waals surface area contributed by atoms with Gasteiger partial charge in [-0.25, -0.2) is 0 Å². The lowest BCUT2D eigenvalue weighted by Crippen LogP contribution is -2.64. The van der Waals surface area contributed by atoms with Crippen LogP contribution in [0.3, 0.4) is 0 Å². The molecule has 0 amide bonds. The summed E-state index contributed by atoms with van der Waals surface area (Å²) in [7, 11) is 0. The van der Waals surface area contributed by atoms with Gasteiger partial charge in [-0.15, -0.1) is 0 Å². The molecule has 21 atom stereocenters. The highest BCUT2D eigenvalue weighted by Gasteiger charge is 2.76. The van der Waals surface area contributed by atoms with Crippen LogP contribution in [-0.4, -0.2) is 146 Å². The van der Waals surface area contributed by atoms with E-state index in [9.17, 15) is 40.9 Å². The topological polar surface area (TPSA) is 217 Å². The Hall–Kier alpha value is -0.820. The number of aliphatic hydroxyl groups excluding tert-OH is 7. The standard InChI is InChI=1S/C39H62O14/c1-18-28(42)30(44)32(46)34(49-18)52-33-31(45)29(43)26(16-41)51-35(33)50-22-8-10-36(3)21(13-22)5-6-23-24(36)9-11-37(4)25(23)14-27-39(37,47)19(2)38(53-27)12-7-20(15-40)17-48-38/h5,18-20,22-35,40-47H,6-17H2,1-4H3/t18-,19+,20-,22-,23+,24-,25-,26+,27-,28-,29+,30+,31-,32+,33+,34-,35+,36-,37-,38+,39+/m0/s1. The summed E-state index contributed by atoms with van der Waals surface area (Å²) >= 11 is 0. The largest absolute Gasteiger partial charge is 0.396 e. The highest BCUT2D eigenvalue weighted by molar-refractivity contribution is 5.29. The third-order valence-corrected chi connectivity index (χ3v) is 16.0. The van der Waals surface area contributed by atoms with Crippen molar-refractivity contribution in [2.45, 2.75) is 170 Å². The van der Waals surface area contributed by atoms with E-state index < -0.39 is 79.4 Å². The monoisotopic (exact) mass is 754 g/mol. The lowest BCUT2D eigenvalue weighted by atomic mass is 9.46. The molecular formula is C39H62O14. The molecule has 14 nitrogen and oxygen atoms in total. The molecule has 302 valence electrons. The molecule has 8 rings (SSSR count). The summed E-state index contributed by atoms with van der Waals surface area (Å²) in [6, 6.07) is 0. The van der Waals surface area contributed by atoms with E-state index in [4.69, 9.17) is 28.4 Å². The number of aliphatic hydroxyl groups is 8. The van der Waals surface area contributed by atoms with Gasteiger partial charge in [-0.1, -0.05) is 32.4 Å². The molecule has 3 saturated carbocycles. The molecule has 0 radical (unpaired) electrons. The minimum absolute atomic E-state index is 0.0657. The molecule has 1 spiro atoms. The Kier molecular flexibility index (Phi) is 10.3. The van der Waals surface area contributed by atoms with E-state index in [0.29, 0.717) is 43.6 Å². The first-order valence-electron chi connectivity index (χ1n) is 20.1. The number of fused-ring (bicyclic) bond motifs is 7. The molecule has 7 fully saturated rings. The normalized spacial score (nSPS) is 58.0. The van der Waals surface area contributed by atoms with Gasteiger partial charge in [-0.2, -0.15) is 0 Å². The summed E-state index contributed by atoms with van der Waals surface area (Å²) in [5.74, 6) is 0.240. The number of allylic oxidation sites excluding steroid dienone is 1. The maximum atomic E-state index is 12.7. The summed E-state index contributed by atoms with van der Waals surface area (Å²) in [5.41, 5.74) is -0.0606. The summed E-state index contributed by atoms with van der Waals surface area (Å²) in [4.78, 5) is 0. The average molecular weight is 755 g/mol. The summed E-state index contributed by atoms with van der Waals surface area (Å²) in [6.45, 7) is 8.26. The van der Waals surface area contributed by atoms with Gasteiger partial charge < -0.3 is 69.3 Å². The first-order chi connectivity index (χ1) is 25.1. The van der Waals surface area contributed by atoms with Gasteiger partial charge in [0.05, 0.1) is 31.5 Å². The fourth-order valence-corrected chi connectivity index (χ4v) is 12.5. The van der Waals surface area contributed by atoms with Crippen molar-refractivity contribution >= 4 is 0 Å². The van der Waals surface area contributed by atoms with Gasteiger partial charge in [0.2, 0.25) is 0 Å². The number of rotatable bonds is 6. The Balaban J connectivity index is 0.971. The van der Waals surface area contributed by atoms with Crippen LogP contribution in [0.25, 0.3) is 0 Å². The van der Waals surface area contributed by atoms with Crippen LogP contribution < -0.4 is 0 Å². The second-order valence-corrected chi connectivity index (χ2v) is 18.3. The quantitative estimate of drug-likeness (QED) is 0.173. The van der Waals surface area contributed by atoms with Crippen LogP contribution in [0.4, 0.5) is 0 Å². The van der Waals surface area contributed by atoms with Crippen molar-refractivity contribution in [2.24, 2.45) is 40.4 Å². The fraction of sp³-hybridized carbons (Fsp3) is 0.949. The van der Waals surface area contributed by atoms with Crippen molar-refractivity contribution < 1.29 is 69.3 Å². The van der Waals surface area contributed by atoms with Crippen LogP contribution in [0, 0.1) is 40.4 Å². The van der Waals surface area contributed by atoms with E-state index in [-0.39, 0.29) is 41.5 Å². The second kappa shape index (κ2) is 13.9. The Morgan fingerprint density at radius 1 is 0.811 bits per heavy atom. The van der Waals surface area contributed by atoms with Crippen LogP contribution in [0.1, 0.15) is 85.5 Å². The molecule has 4 heterocycles. The molecule has 0 unspecified atom stereocenters. The first-order valence-corrected chi connectivity index (χ1v) is 20.1. The average Bonchev–Trinajstić information content (AvgIpc) is 3.50. The van der Waals surface area contributed by atoms with Crippen LogP contribution in [0.5, 0.6) is 0 Å². The van der Waals surface area contributed by atoms with Gasteiger partial charge >= 0.3 is 0 Å². The van der Waals surface area contributed by atoms with E-state index in [1.807, 2.05) is 0 Å². The zero-order valence-electron chi connectivity index (χ0n) is 31.4. The molecule has 0 aromatic carbocycles. The van der Waals surface area contributed by atoms with Crippen molar-refractivity contribution in [3.63, 3.8) is 0 Å². The zero-order chi connectivity index (χ0) is 37.8. The molecule has 4 saturated heterocycles. The van der Waals surface area contributed by atoms with Crippen molar-refractivity contribution in [3.05, 3.63) is 11.6 Å². The minimum Gasteiger partial charge on any atom is -0.396 e. The molecule has 8 N–H and O–H groups in total. The molecule has 4 aliphatic heterocycles. The number of ether oxygens (including phenoxy) is 6. The highest BCUT2D eigenvalue weighted by atomic mass is 16.8. The fourth-order valence-electron chi connectivity index (χ4n) is 12.5. The molecule has 0 aromatic rings. The van der Waals surface area contributed by atoms with Crippen molar-refractivity contribution in [1.29, 1.82) is 0 Å². The van der Waals surface area contributed by atoms with Gasteiger partial charge in [0.1, 0.15) is 48.3 Å². The van der Waals surface area contributed by atoms with Crippen LogP contribution >= 0.6 is 0 Å². The lowest BCUT2D eigenvalue weighted by molar-refractivity contribution is -0.369. The van der Waals surface area contributed by atoms with E-state index in [1.165, 1.54) is 12.5 Å². The van der Waals surface area contributed by atoms with Gasteiger partial charge in [0, 0.05) is 30.3 Å². The van der Waals surface area contributed by atoms with Gasteiger partial charge in [-0.05, 0) is 81.5 Å². The molecule has 8 aliphatic rings. The summed E-state index contributed by atoms with van der Waals surface area (Å²) in [6.07, 6.45) is -4.60. The van der Waals surface area contributed by atoms with Crippen molar-refractivity contribution in [3.8, 4) is 0 Å². The SMILES string of the molecule is C[C@@H]1O[C@@H](O[C@H]2[C@H](O[C@H]3CC[C@@]4(C)C(=CC[C@@H]5[C@@H]4CC[C@@]4(C)[C@H]5C[C@@H]5O[C@]6(CC[C@@H](CO)CO6)[C@@H](C)[C@@]54O)C3)O[C@H](CO)[C@@H](O)[C@@H]2O)[C@H](O)[C@H](O)[C@H]1O. The van der Waals surface area contributed by atoms with Gasteiger partial charge in [-0.3, -0.25) is 0 Å². The van der Waals surface area contributed by atoms with Crippen molar-refractivity contribution in [1.82, 2.24) is 0 Å². The molecular weight excluding hydrogens is 692 g/mol. The summed E-state index contributed by atoms with van der Waals surface area (Å²) < 4.78 is 37.2.